The van der Waals surface area contributed by atoms with E-state index in [4.69, 9.17) is 9.47 Å². The van der Waals surface area contributed by atoms with Gasteiger partial charge in [0.1, 0.15) is 6.07 Å². The maximum atomic E-state index is 12.9. The molecule has 1 heterocycles. The van der Waals surface area contributed by atoms with Crippen LogP contribution in [-0.4, -0.2) is 12.0 Å². The molecule has 0 atom stereocenters. The van der Waals surface area contributed by atoms with Crippen LogP contribution in [0.1, 0.15) is 16.0 Å². The minimum absolute atomic E-state index is 0.0668. The van der Waals surface area contributed by atoms with Crippen LogP contribution in [0.5, 0.6) is 17.2 Å². The molecule has 0 radical (unpaired) electrons. The number of hydrogen-bond donors (Lipinski definition) is 0. The molecule has 10 heteroatoms. The lowest BCUT2D eigenvalue weighted by molar-refractivity contribution is -0.385. The molecule has 3 aromatic rings. The lowest BCUT2D eigenvalue weighted by Crippen LogP contribution is -2.06. The van der Waals surface area contributed by atoms with E-state index >= 15 is 0 Å². The number of thiophene rings is 1. The Morgan fingerprint density at radius 3 is 2.48 bits per heavy atom. The molecule has 0 bridgehead atoms. The lowest BCUT2D eigenvalue weighted by atomic mass is 10.1. The Labute approximate surface area is 178 Å². The molecule has 158 valence electrons. The number of ether oxygens (including phenoxy) is 2. The van der Waals surface area contributed by atoms with Crippen LogP contribution in [-0.2, 0) is 6.18 Å². The number of alkyl halides is 3. The molecule has 2 aromatic carbocycles. The van der Waals surface area contributed by atoms with Crippen molar-refractivity contribution in [3.8, 4) is 23.3 Å². The van der Waals surface area contributed by atoms with Gasteiger partial charge in [0.15, 0.2) is 11.5 Å². The van der Waals surface area contributed by atoms with Crippen molar-refractivity contribution >= 4 is 28.7 Å². The van der Waals surface area contributed by atoms with Crippen molar-refractivity contribution in [2.45, 2.75) is 6.18 Å². The maximum Gasteiger partial charge on any atom is 0.416 e. The summed E-state index contributed by atoms with van der Waals surface area (Å²) in [6.45, 7) is 0. The van der Waals surface area contributed by atoms with Gasteiger partial charge in [0.05, 0.1) is 23.2 Å². The van der Waals surface area contributed by atoms with Crippen LogP contribution in [0.2, 0.25) is 0 Å². The zero-order chi connectivity index (χ0) is 22.6. The van der Waals surface area contributed by atoms with Crippen LogP contribution in [0.15, 0.2) is 53.9 Å². The third-order valence-electron chi connectivity index (χ3n) is 4.11. The van der Waals surface area contributed by atoms with E-state index in [2.05, 4.69) is 6.07 Å². The van der Waals surface area contributed by atoms with Crippen LogP contribution in [0.4, 0.5) is 18.9 Å². The van der Waals surface area contributed by atoms with E-state index in [1.54, 1.807) is 24.3 Å². The van der Waals surface area contributed by atoms with Crippen molar-refractivity contribution in [2.75, 3.05) is 7.11 Å². The predicted molar refractivity (Wildman–Crippen MR) is 109 cm³/mol. The summed E-state index contributed by atoms with van der Waals surface area (Å²) < 4.78 is 49.4. The molecule has 1 aromatic heterocycles. The minimum Gasteiger partial charge on any atom is -0.493 e. The highest BCUT2D eigenvalue weighted by Gasteiger charge is 2.33. The Bertz CT molecular complexity index is 1180. The molecular weight excluding hydrogens is 433 g/mol. The first-order chi connectivity index (χ1) is 14.7. The van der Waals surface area contributed by atoms with Crippen molar-refractivity contribution in [1.29, 1.82) is 5.26 Å². The molecule has 0 fully saturated rings. The summed E-state index contributed by atoms with van der Waals surface area (Å²) in [4.78, 5) is 11.1. The number of benzene rings is 2. The Morgan fingerprint density at radius 2 is 1.90 bits per heavy atom. The Balaban J connectivity index is 1.96. The quantitative estimate of drug-likeness (QED) is 0.244. The first kappa shape index (κ1) is 21.9. The second-order valence-corrected chi connectivity index (χ2v) is 7.04. The smallest absolute Gasteiger partial charge is 0.416 e. The van der Waals surface area contributed by atoms with Crippen LogP contribution in [0.3, 0.4) is 0 Å². The molecule has 6 nitrogen and oxygen atoms in total. The Hall–Kier alpha value is -3.84. The van der Waals surface area contributed by atoms with Crippen molar-refractivity contribution in [1.82, 2.24) is 0 Å². The molecule has 0 spiro atoms. The summed E-state index contributed by atoms with van der Waals surface area (Å²) >= 11 is 1.41. The number of nitriles is 1. The lowest BCUT2D eigenvalue weighted by Gasteiger charge is -2.13. The number of nitro benzene ring substituents is 1. The van der Waals surface area contributed by atoms with Gasteiger partial charge in [-0.05, 0) is 47.4 Å². The number of hydrogen-bond acceptors (Lipinski definition) is 6. The molecule has 0 aliphatic heterocycles. The van der Waals surface area contributed by atoms with Crippen LogP contribution in [0, 0.1) is 21.4 Å². The van der Waals surface area contributed by atoms with Gasteiger partial charge in [0.2, 0.25) is 5.75 Å². The van der Waals surface area contributed by atoms with E-state index in [-0.39, 0.29) is 17.2 Å². The van der Waals surface area contributed by atoms with Crippen LogP contribution in [0.25, 0.3) is 11.6 Å². The van der Waals surface area contributed by atoms with Crippen molar-refractivity contribution < 1.29 is 27.6 Å². The fourth-order valence-corrected chi connectivity index (χ4v) is 3.35. The highest BCUT2D eigenvalue weighted by atomic mass is 32.1. The third kappa shape index (κ3) is 5.02. The monoisotopic (exact) mass is 446 g/mol. The standard InChI is InChI=1S/C21H13F3N2O4S/c1-29-19-10-13(9-14(12-25)20-3-2-8-31-20)4-6-18(19)30-17-7-5-15(21(22,23)24)11-16(17)26(27)28/h2-11H,1H3/b14-9-. The van der Waals surface area contributed by atoms with Crippen molar-refractivity contribution in [3.63, 3.8) is 0 Å². The van der Waals surface area contributed by atoms with Gasteiger partial charge in [0.25, 0.3) is 0 Å². The molecule has 0 amide bonds. The third-order valence-corrected chi connectivity index (χ3v) is 5.01. The molecule has 0 saturated heterocycles. The number of nitrogens with zero attached hydrogens (tertiary/aromatic N) is 2. The fraction of sp³-hybridized carbons (Fsp3) is 0.0952. The minimum atomic E-state index is -4.73. The fourth-order valence-electron chi connectivity index (χ4n) is 2.66. The van der Waals surface area contributed by atoms with Gasteiger partial charge in [-0.15, -0.1) is 11.3 Å². The molecule has 0 unspecified atom stereocenters. The summed E-state index contributed by atoms with van der Waals surface area (Å²) in [6, 6.07) is 12.3. The van der Waals surface area contributed by atoms with Gasteiger partial charge >= 0.3 is 11.9 Å². The van der Waals surface area contributed by atoms with Gasteiger partial charge in [-0.3, -0.25) is 10.1 Å². The normalized spacial score (nSPS) is 11.6. The highest BCUT2D eigenvalue weighted by molar-refractivity contribution is 7.11. The molecule has 0 saturated carbocycles. The molecule has 3 rings (SSSR count). The zero-order valence-electron chi connectivity index (χ0n) is 15.8. The number of methoxy groups -OCH3 is 1. The van der Waals surface area contributed by atoms with E-state index in [0.29, 0.717) is 23.3 Å². The first-order valence-electron chi connectivity index (χ1n) is 8.60. The molecule has 0 aliphatic rings. The van der Waals surface area contributed by atoms with Crippen molar-refractivity contribution in [3.05, 3.63) is 80.0 Å². The number of rotatable bonds is 6. The van der Waals surface area contributed by atoms with E-state index in [9.17, 15) is 28.5 Å². The zero-order valence-corrected chi connectivity index (χ0v) is 16.7. The van der Waals surface area contributed by atoms with Crippen LogP contribution >= 0.6 is 11.3 Å². The predicted octanol–water partition coefficient (Wildman–Crippen LogP) is 6.54. The first-order valence-corrected chi connectivity index (χ1v) is 9.48. The Morgan fingerprint density at radius 1 is 1.16 bits per heavy atom. The second-order valence-electron chi connectivity index (χ2n) is 6.10. The summed E-state index contributed by atoms with van der Waals surface area (Å²) in [7, 11) is 1.35. The van der Waals surface area contributed by atoms with Gasteiger partial charge in [0, 0.05) is 10.9 Å². The summed E-state index contributed by atoms with van der Waals surface area (Å²) in [5, 5.41) is 22.5. The van der Waals surface area contributed by atoms with Gasteiger partial charge in [-0.1, -0.05) is 12.1 Å². The van der Waals surface area contributed by atoms with E-state index in [1.165, 1.54) is 24.5 Å². The number of allylic oxidation sites excluding steroid dienone is 1. The number of halogens is 3. The molecular formula is C21H13F3N2O4S. The second kappa shape index (κ2) is 8.89. The summed E-state index contributed by atoms with van der Waals surface area (Å²) in [5.41, 5.74) is -0.943. The van der Waals surface area contributed by atoms with E-state index in [0.717, 1.165) is 10.9 Å². The van der Waals surface area contributed by atoms with Crippen molar-refractivity contribution in [2.24, 2.45) is 0 Å². The average molecular weight is 446 g/mol. The van der Waals surface area contributed by atoms with E-state index in [1.807, 2.05) is 11.4 Å². The summed E-state index contributed by atoms with van der Waals surface area (Å²) in [6.07, 6.45) is -3.09. The topological polar surface area (TPSA) is 85.4 Å². The Kier molecular flexibility index (Phi) is 6.27. The van der Waals surface area contributed by atoms with Gasteiger partial charge < -0.3 is 9.47 Å². The molecule has 31 heavy (non-hydrogen) atoms. The largest absolute Gasteiger partial charge is 0.493 e. The van der Waals surface area contributed by atoms with E-state index < -0.39 is 22.4 Å². The highest BCUT2D eigenvalue weighted by Crippen LogP contribution is 2.40. The molecule has 0 aliphatic carbocycles. The molecule has 0 N–H and O–H groups in total. The SMILES string of the molecule is COc1cc(/C=C(/C#N)c2cccs2)ccc1Oc1ccc(C(F)(F)F)cc1[N+](=O)[O-]. The number of nitro groups is 1. The summed E-state index contributed by atoms with van der Waals surface area (Å²) in [5.74, 6) is -0.112. The van der Waals surface area contributed by atoms with Crippen LogP contribution < -0.4 is 9.47 Å². The average Bonchev–Trinajstić information content (AvgIpc) is 3.26. The van der Waals surface area contributed by atoms with Gasteiger partial charge in [-0.2, -0.15) is 18.4 Å². The maximum absolute atomic E-state index is 12.9. The van der Waals surface area contributed by atoms with Gasteiger partial charge in [-0.25, -0.2) is 0 Å².